The molecule has 1 amide bonds. The molecule has 0 saturated heterocycles. The van der Waals surface area contributed by atoms with Gasteiger partial charge in [-0.05, 0) is 25.1 Å². The minimum Gasteiger partial charge on any atom is -0.486 e. The highest BCUT2D eigenvalue weighted by Crippen LogP contribution is 2.37. The highest BCUT2D eigenvalue weighted by Gasteiger charge is 2.23. The smallest absolute Gasteiger partial charge is 0.237 e. The first-order valence-electron chi connectivity index (χ1n) is 7.65. The van der Waals surface area contributed by atoms with Gasteiger partial charge in [-0.1, -0.05) is 39.7 Å². The molecule has 0 fully saturated rings. The van der Waals surface area contributed by atoms with Crippen LogP contribution >= 0.6 is 27.5 Å². The van der Waals surface area contributed by atoms with E-state index in [1.54, 1.807) is 43.3 Å². The number of alkyl halides is 1. The van der Waals surface area contributed by atoms with Gasteiger partial charge in [-0.25, -0.2) is 0 Å². The lowest BCUT2D eigenvalue weighted by atomic mass is 10.0. The maximum atomic E-state index is 13.0. The van der Waals surface area contributed by atoms with Gasteiger partial charge in [0.2, 0.25) is 5.91 Å². The molecule has 0 aromatic heterocycles. The minimum atomic E-state index is -0.413. The summed E-state index contributed by atoms with van der Waals surface area (Å²) in [5.41, 5.74) is 0.993. The summed E-state index contributed by atoms with van der Waals surface area (Å²) in [6.45, 7) is 2.51. The van der Waals surface area contributed by atoms with Gasteiger partial charge >= 0.3 is 0 Å². The van der Waals surface area contributed by atoms with Crippen molar-refractivity contribution in [3.8, 4) is 11.5 Å². The number of fused-ring (bicyclic) bond motifs is 1. The van der Waals surface area contributed by atoms with Crippen LogP contribution in [0.15, 0.2) is 36.4 Å². The molecule has 0 bridgehead atoms. The van der Waals surface area contributed by atoms with Gasteiger partial charge in [0.1, 0.15) is 13.2 Å². The fourth-order valence-corrected chi connectivity index (χ4v) is 2.74. The van der Waals surface area contributed by atoms with Crippen LogP contribution in [0.5, 0.6) is 11.5 Å². The average molecular weight is 425 g/mol. The van der Waals surface area contributed by atoms with Crippen molar-refractivity contribution in [2.45, 2.75) is 11.8 Å². The predicted molar refractivity (Wildman–Crippen MR) is 99.3 cm³/mol. The summed E-state index contributed by atoms with van der Waals surface area (Å²) in [6.07, 6.45) is 0. The van der Waals surface area contributed by atoms with E-state index in [-0.39, 0.29) is 11.7 Å². The number of hydrogen-bond donors (Lipinski definition) is 1. The molecule has 1 heterocycles. The lowest BCUT2D eigenvalue weighted by molar-refractivity contribution is -0.115. The second-order valence-corrected chi connectivity index (χ2v) is 7.24. The normalized spacial score (nSPS) is 13.9. The number of nitrogens with one attached hydrogen (secondary N) is 1. The zero-order chi connectivity index (χ0) is 18.0. The van der Waals surface area contributed by atoms with E-state index in [9.17, 15) is 9.59 Å². The van der Waals surface area contributed by atoms with Crippen LogP contribution in [0.2, 0.25) is 5.02 Å². The quantitative estimate of drug-likeness (QED) is 0.594. The molecule has 2 aromatic carbocycles. The maximum Gasteiger partial charge on any atom is 0.237 e. The van der Waals surface area contributed by atoms with Crippen molar-refractivity contribution in [2.24, 2.45) is 0 Å². The average Bonchev–Trinajstić information content (AvgIpc) is 2.61. The van der Waals surface area contributed by atoms with Gasteiger partial charge < -0.3 is 14.8 Å². The predicted octanol–water partition coefficient (Wildman–Crippen LogP) is 4.06. The summed E-state index contributed by atoms with van der Waals surface area (Å²) in [5.74, 6) is 0.371. The molecule has 130 valence electrons. The number of carbonyl (C=O) groups excluding carboxylic acids is 2. The first kappa shape index (κ1) is 17.8. The van der Waals surface area contributed by atoms with Gasteiger partial charge in [-0.15, -0.1) is 0 Å². The molecule has 5 nitrogen and oxygen atoms in total. The summed E-state index contributed by atoms with van der Waals surface area (Å²) in [7, 11) is 0. The first-order chi connectivity index (χ1) is 12.0. The Bertz CT molecular complexity index is 838. The number of carbonyl (C=O) groups is 2. The number of halogens is 2. The molecular weight excluding hydrogens is 410 g/mol. The molecule has 25 heavy (non-hydrogen) atoms. The van der Waals surface area contributed by atoms with Crippen LogP contribution in [0.3, 0.4) is 0 Å². The molecule has 7 heteroatoms. The van der Waals surface area contributed by atoms with Crippen molar-refractivity contribution in [3.05, 3.63) is 52.5 Å². The van der Waals surface area contributed by atoms with Gasteiger partial charge in [0.25, 0.3) is 0 Å². The SMILES string of the molecule is C[C@@H](Br)C(=O)Nc1cc2c(cc1C(=O)c1ccccc1Cl)OCCO2. The molecule has 1 N–H and O–H groups in total. The topological polar surface area (TPSA) is 64.6 Å². The number of rotatable bonds is 4. The number of ether oxygens (including phenoxy) is 2. The lowest BCUT2D eigenvalue weighted by Crippen LogP contribution is -2.23. The molecule has 0 radical (unpaired) electrons. The Morgan fingerprint density at radius 2 is 1.76 bits per heavy atom. The van der Waals surface area contributed by atoms with Crippen LogP contribution in [0.1, 0.15) is 22.8 Å². The van der Waals surface area contributed by atoms with E-state index < -0.39 is 4.83 Å². The third-order valence-electron chi connectivity index (χ3n) is 3.66. The zero-order valence-corrected chi connectivity index (χ0v) is 15.7. The molecule has 1 aliphatic rings. The third kappa shape index (κ3) is 3.80. The van der Waals surface area contributed by atoms with Gasteiger partial charge in [-0.3, -0.25) is 9.59 Å². The third-order valence-corrected chi connectivity index (χ3v) is 4.41. The number of benzene rings is 2. The Labute approximate surface area is 158 Å². The monoisotopic (exact) mass is 423 g/mol. The highest BCUT2D eigenvalue weighted by atomic mass is 79.9. The van der Waals surface area contributed by atoms with Crippen LogP contribution in [-0.2, 0) is 4.79 Å². The number of hydrogen-bond acceptors (Lipinski definition) is 4. The lowest BCUT2D eigenvalue weighted by Gasteiger charge is -2.21. The van der Waals surface area contributed by atoms with Crippen LogP contribution in [0.4, 0.5) is 5.69 Å². The number of amides is 1. The fraction of sp³-hybridized carbons (Fsp3) is 0.222. The maximum absolute atomic E-state index is 13.0. The standard InChI is InChI=1S/C18H15BrClNO4/c1-10(19)18(23)21-14-9-16-15(24-6-7-25-16)8-12(14)17(22)11-4-2-3-5-13(11)20/h2-5,8-10H,6-7H2,1H3,(H,21,23)/t10-/m1/s1. The van der Waals surface area contributed by atoms with E-state index in [2.05, 4.69) is 21.2 Å². The Hall–Kier alpha value is -2.05. The van der Waals surface area contributed by atoms with Crippen molar-refractivity contribution in [1.29, 1.82) is 0 Å². The van der Waals surface area contributed by atoms with Crippen LogP contribution in [0.25, 0.3) is 0 Å². The molecule has 2 aromatic rings. The number of ketones is 1. The van der Waals surface area contributed by atoms with E-state index in [0.717, 1.165) is 0 Å². The number of anilines is 1. The summed E-state index contributed by atoms with van der Waals surface area (Å²) < 4.78 is 11.1. The largest absolute Gasteiger partial charge is 0.486 e. The summed E-state index contributed by atoms with van der Waals surface area (Å²) in [6, 6.07) is 9.94. The van der Waals surface area contributed by atoms with E-state index in [0.29, 0.717) is 46.5 Å². The van der Waals surface area contributed by atoms with Crippen molar-refractivity contribution in [3.63, 3.8) is 0 Å². The Kier molecular flexibility index (Phi) is 5.30. The molecular formula is C18H15BrClNO4. The van der Waals surface area contributed by atoms with Crippen LogP contribution < -0.4 is 14.8 Å². The minimum absolute atomic E-state index is 0.273. The summed E-state index contributed by atoms with van der Waals surface area (Å²) in [5, 5.41) is 3.09. The first-order valence-corrected chi connectivity index (χ1v) is 8.94. The molecule has 1 atom stereocenters. The molecule has 0 saturated carbocycles. The molecule has 3 rings (SSSR count). The second kappa shape index (κ2) is 7.45. The molecule has 0 unspecified atom stereocenters. The molecule has 1 aliphatic heterocycles. The van der Waals surface area contributed by atoms with Gasteiger partial charge in [0.15, 0.2) is 17.3 Å². The van der Waals surface area contributed by atoms with Crippen molar-refractivity contribution in [1.82, 2.24) is 0 Å². The van der Waals surface area contributed by atoms with Crippen molar-refractivity contribution >= 4 is 44.9 Å². The van der Waals surface area contributed by atoms with E-state index in [4.69, 9.17) is 21.1 Å². The van der Waals surface area contributed by atoms with Gasteiger partial charge in [0, 0.05) is 11.6 Å². The van der Waals surface area contributed by atoms with Crippen LogP contribution in [-0.4, -0.2) is 29.7 Å². The second-order valence-electron chi connectivity index (χ2n) is 5.46. The molecule has 0 spiro atoms. The zero-order valence-electron chi connectivity index (χ0n) is 13.3. The van der Waals surface area contributed by atoms with Crippen LogP contribution in [0, 0.1) is 0 Å². The molecule has 0 aliphatic carbocycles. The van der Waals surface area contributed by atoms with Crippen molar-refractivity contribution in [2.75, 3.05) is 18.5 Å². The summed E-state index contributed by atoms with van der Waals surface area (Å²) in [4.78, 5) is 24.7. The van der Waals surface area contributed by atoms with E-state index >= 15 is 0 Å². The van der Waals surface area contributed by atoms with Gasteiger partial charge in [0.05, 0.1) is 21.1 Å². The van der Waals surface area contributed by atoms with E-state index in [1.165, 1.54) is 0 Å². The highest BCUT2D eigenvalue weighted by molar-refractivity contribution is 9.10. The summed E-state index contributed by atoms with van der Waals surface area (Å²) >= 11 is 9.37. The Morgan fingerprint density at radius 3 is 2.40 bits per heavy atom. The van der Waals surface area contributed by atoms with Gasteiger partial charge in [-0.2, -0.15) is 0 Å². The Morgan fingerprint density at radius 1 is 1.12 bits per heavy atom. The Balaban J connectivity index is 2.08. The van der Waals surface area contributed by atoms with E-state index in [1.807, 2.05) is 0 Å². The fourth-order valence-electron chi connectivity index (χ4n) is 2.40. The van der Waals surface area contributed by atoms with Crippen molar-refractivity contribution < 1.29 is 19.1 Å².